The van der Waals surface area contributed by atoms with Crippen molar-refractivity contribution in [2.24, 2.45) is 11.8 Å². The standard InChI is InChI=1S/C15H31N3O/c1-12(2)5-10-17-15(19)13(3)18(4)11-14-6-8-16-9-7-14/h12-14,16H,5-11H2,1-4H3,(H,17,19). The molecule has 0 aromatic carbocycles. The second-order valence-electron chi connectivity index (χ2n) is 6.28. The molecule has 0 radical (unpaired) electrons. The summed E-state index contributed by atoms with van der Waals surface area (Å²) in [5.74, 6) is 1.54. The average molecular weight is 269 g/mol. The lowest BCUT2D eigenvalue weighted by Gasteiger charge is -2.30. The summed E-state index contributed by atoms with van der Waals surface area (Å²) < 4.78 is 0. The summed E-state index contributed by atoms with van der Waals surface area (Å²) in [5.41, 5.74) is 0. The van der Waals surface area contributed by atoms with Crippen molar-refractivity contribution in [2.45, 2.75) is 46.1 Å². The lowest BCUT2D eigenvalue weighted by atomic mass is 9.97. The average Bonchev–Trinajstić information content (AvgIpc) is 2.38. The van der Waals surface area contributed by atoms with Crippen molar-refractivity contribution in [1.82, 2.24) is 15.5 Å². The number of hydrogen-bond donors (Lipinski definition) is 2. The van der Waals surface area contributed by atoms with E-state index in [9.17, 15) is 4.79 Å². The van der Waals surface area contributed by atoms with Gasteiger partial charge in [0.1, 0.15) is 0 Å². The molecule has 2 N–H and O–H groups in total. The van der Waals surface area contributed by atoms with Crippen LogP contribution in [0.4, 0.5) is 0 Å². The van der Waals surface area contributed by atoms with Crippen LogP contribution < -0.4 is 10.6 Å². The van der Waals surface area contributed by atoms with Crippen LogP contribution in [0, 0.1) is 11.8 Å². The van der Waals surface area contributed by atoms with Crippen LogP contribution in [0.15, 0.2) is 0 Å². The molecule has 1 saturated heterocycles. The molecule has 4 heteroatoms. The number of carbonyl (C=O) groups is 1. The number of piperidine rings is 1. The minimum atomic E-state index is -0.0259. The third-order valence-corrected chi connectivity index (χ3v) is 4.07. The van der Waals surface area contributed by atoms with Crippen molar-refractivity contribution < 1.29 is 4.79 Å². The summed E-state index contributed by atoms with van der Waals surface area (Å²) in [5, 5.41) is 6.42. The van der Waals surface area contributed by atoms with E-state index in [1.165, 1.54) is 12.8 Å². The maximum absolute atomic E-state index is 12.0. The predicted molar refractivity (Wildman–Crippen MR) is 80.2 cm³/mol. The van der Waals surface area contributed by atoms with Gasteiger partial charge in [0.05, 0.1) is 6.04 Å². The zero-order chi connectivity index (χ0) is 14.3. The van der Waals surface area contributed by atoms with E-state index in [1.54, 1.807) is 0 Å². The van der Waals surface area contributed by atoms with Gasteiger partial charge in [-0.05, 0) is 58.2 Å². The largest absolute Gasteiger partial charge is 0.355 e. The van der Waals surface area contributed by atoms with Crippen LogP contribution in [-0.4, -0.2) is 50.1 Å². The zero-order valence-corrected chi connectivity index (χ0v) is 13.0. The van der Waals surface area contributed by atoms with Crippen LogP contribution in [-0.2, 0) is 4.79 Å². The zero-order valence-electron chi connectivity index (χ0n) is 13.0. The monoisotopic (exact) mass is 269 g/mol. The molecule has 1 fully saturated rings. The van der Waals surface area contributed by atoms with Gasteiger partial charge in [-0.3, -0.25) is 9.69 Å². The Kier molecular flexibility index (Phi) is 7.39. The SMILES string of the molecule is CC(C)CCNC(=O)C(C)N(C)CC1CCNCC1. The first-order valence-electron chi connectivity index (χ1n) is 7.69. The molecule has 1 aliphatic heterocycles. The van der Waals surface area contributed by atoms with E-state index in [4.69, 9.17) is 0 Å². The molecule has 1 heterocycles. The van der Waals surface area contributed by atoms with Gasteiger partial charge >= 0.3 is 0 Å². The van der Waals surface area contributed by atoms with Crippen molar-refractivity contribution in [3.8, 4) is 0 Å². The molecule has 1 amide bonds. The molecule has 4 nitrogen and oxygen atoms in total. The van der Waals surface area contributed by atoms with Gasteiger partial charge in [0.25, 0.3) is 0 Å². The molecule has 112 valence electrons. The lowest BCUT2D eigenvalue weighted by Crippen LogP contribution is -2.46. The van der Waals surface area contributed by atoms with E-state index in [0.717, 1.165) is 38.5 Å². The second kappa shape index (κ2) is 8.54. The molecular formula is C15H31N3O. The topological polar surface area (TPSA) is 44.4 Å². The van der Waals surface area contributed by atoms with Gasteiger partial charge in [0.15, 0.2) is 0 Å². The summed E-state index contributed by atoms with van der Waals surface area (Å²) >= 11 is 0. The molecular weight excluding hydrogens is 238 g/mol. The number of nitrogens with one attached hydrogen (secondary N) is 2. The predicted octanol–water partition coefficient (Wildman–Crippen LogP) is 1.47. The van der Waals surface area contributed by atoms with E-state index in [2.05, 4.69) is 36.4 Å². The Hall–Kier alpha value is -0.610. The molecule has 0 aromatic rings. The highest BCUT2D eigenvalue weighted by Crippen LogP contribution is 2.14. The van der Waals surface area contributed by atoms with Crippen molar-refractivity contribution >= 4 is 5.91 Å². The summed E-state index contributed by atoms with van der Waals surface area (Å²) in [4.78, 5) is 14.2. The molecule has 0 aliphatic carbocycles. The molecule has 0 aromatic heterocycles. The fourth-order valence-corrected chi connectivity index (χ4v) is 2.46. The Bertz CT molecular complexity index is 262. The minimum Gasteiger partial charge on any atom is -0.355 e. The first-order chi connectivity index (χ1) is 9.00. The highest BCUT2D eigenvalue weighted by Gasteiger charge is 2.21. The van der Waals surface area contributed by atoms with Crippen molar-refractivity contribution in [3.63, 3.8) is 0 Å². The molecule has 19 heavy (non-hydrogen) atoms. The Morgan fingerprint density at radius 3 is 2.53 bits per heavy atom. The molecule has 0 bridgehead atoms. The van der Waals surface area contributed by atoms with Crippen LogP contribution in [0.5, 0.6) is 0 Å². The third kappa shape index (κ3) is 6.39. The molecule has 1 rings (SSSR count). The third-order valence-electron chi connectivity index (χ3n) is 4.07. The van der Waals surface area contributed by atoms with E-state index < -0.39 is 0 Å². The van der Waals surface area contributed by atoms with E-state index in [1.807, 2.05) is 6.92 Å². The smallest absolute Gasteiger partial charge is 0.237 e. The van der Waals surface area contributed by atoms with Crippen molar-refractivity contribution in [1.29, 1.82) is 0 Å². The van der Waals surface area contributed by atoms with Gasteiger partial charge < -0.3 is 10.6 Å². The lowest BCUT2D eigenvalue weighted by molar-refractivity contribution is -0.125. The van der Waals surface area contributed by atoms with Crippen LogP contribution in [0.2, 0.25) is 0 Å². The summed E-state index contributed by atoms with van der Waals surface area (Å²) in [6.07, 6.45) is 3.51. The van der Waals surface area contributed by atoms with Crippen LogP contribution in [0.3, 0.4) is 0 Å². The Balaban J connectivity index is 2.25. The Morgan fingerprint density at radius 2 is 1.95 bits per heavy atom. The molecule has 1 aliphatic rings. The maximum Gasteiger partial charge on any atom is 0.237 e. The van der Waals surface area contributed by atoms with E-state index >= 15 is 0 Å². The molecule has 1 unspecified atom stereocenters. The number of nitrogens with zero attached hydrogens (tertiary/aromatic N) is 1. The highest BCUT2D eigenvalue weighted by atomic mass is 16.2. The van der Waals surface area contributed by atoms with Gasteiger partial charge in [0.2, 0.25) is 5.91 Å². The number of carbonyl (C=O) groups excluding carboxylic acids is 1. The summed E-state index contributed by atoms with van der Waals surface area (Å²) in [6, 6.07) is -0.0259. The van der Waals surface area contributed by atoms with Gasteiger partial charge in [-0.1, -0.05) is 13.8 Å². The number of amides is 1. The first-order valence-corrected chi connectivity index (χ1v) is 7.69. The quantitative estimate of drug-likeness (QED) is 0.735. The molecule has 0 saturated carbocycles. The van der Waals surface area contributed by atoms with Crippen LogP contribution >= 0.6 is 0 Å². The normalized spacial score (nSPS) is 18.8. The summed E-state index contributed by atoms with van der Waals surface area (Å²) in [6.45, 7) is 10.4. The van der Waals surface area contributed by atoms with Crippen molar-refractivity contribution in [2.75, 3.05) is 33.2 Å². The van der Waals surface area contributed by atoms with Gasteiger partial charge in [-0.15, -0.1) is 0 Å². The second-order valence-corrected chi connectivity index (χ2v) is 6.28. The minimum absolute atomic E-state index is 0.0259. The van der Waals surface area contributed by atoms with Gasteiger partial charge in [-0.25, -0.2) is 0 Å². The van der Waals surface area contributed by atoms with Gasteiger partial charge in [0, 0.05) is 13.1 Å². The maximum atomic E-state index is 12.0. The number of hydrogen-bond acceptors (Lipinski definition) is 3. The first kappa shape index (κ1) is 16.4. The Labute approximate surface area is 118 Å². The highest BCUT2D eigenvalue weighted by molar-refractivity contribution is 5.81. The molecule has 1 atom stereocenters. The van der Waals surface area contributed by atoms with E-state index in [0.29, 0.717) is 5.92 Å². The summed E-state index contributed by atoms with van der Waals surface area (Å²) in [7, 11) is 2.06. The van der Waals surface area contributed by atoms with Crippen LogP contribution in [0.25, 0.3) is 0 Å². The van der Waals surface area contributed by atoms with Crippen molar-refractivity contribution in [3.05, 3.63) is 0 Å². The van der Waals surface area contributed by atoms with Crippen LogP contribution in [0.1, 0.15) is 40.0 Å². The number of likely N-dealkylation sites (N-methyl/N-ethyl adjacent to an activating group) is 1. The van der Waals surface area contributed by atoms with E-state index in [-0.39, 0.29) is 11.9 Å². The Morgan fingerprint density at radius 1 is 1.32 bits per heavy atom. The fraction of sp³-hybridized carbons (Fsp3) is 0.933. The molecule has 0 spiro atoms. The number of rotatable bonds is 7. The van der Waals surface area contributed by atoms with Gasteiger partial charge in [-0.2, -0.15) is 0 Å². The fourth-order valence-electron chi connectivity index (χ4n) is 2.46.